The van der Waals surface area contributed by atoms with Gasteiger partial charge in [0.1, 0.15) is 28.4 Å². The van der Waals surface area contributed by atoms with E-state index < -0.39 is 5.60 Å². The van der Waals surface area contributed by atoms with Crippen LogP contribution in [0, 0.1) is 0 Å². The van der Waals surface area contributed by atoms with Crippen molar-refractivity contribution in [2.45, 2.75) is 37.7 Å². The van der Waals surface area contributed by atoms with Crippen molar-refractivity contribution in [2.75, 3.05) is 27.3 Å². The van der Waals surface area contributed by atoms with E-state index in [2.05, 4.69) is 0 Å². The van der Waals surface area contributed by atoms with Crippen molar-refractivity contribution in [3.63, 3.8) is 0 Å². The first-order valence-electron chi connectivity index (χ1n) is 10.4. The van der Waals surface area contributed by atoms with Gasteiger partial charge >= 0.3 is 0 Å². The van der Waals surface area contributed by atoms with Gasteiger partial charge in [-0.3, -0.25) is 9.59 Å². The summed E-state index contributed by atoms with van der Waals surface area (Å²) < 4.78 is 17.1. The highest BCUT2D eigenvalue weighted by Crippen LogP contribution is 2.44. The molecular formula is C24H26ClNO5. The summed E-state index contributed by atoms with van der Waals surface area (Å²) in [4.78, 5) is 27.5. The number of benzene rings is 2. The Kier molecular flexibility index (Phi) is 6.10. The molecule has 2 aliphatic rings. The Morgan fingerprint density at radius 2 is 1.84 bits per heavy atom. The number of hydrogen-bond donors (Lipinski definition) is 0. The molecule has 2 aromatic carbocycles. The van der Waals surface area contributed by atoms with E-state index in [9.17, 15) is 9.59 Å². The molecule has 1 spiro atoms. The van der Waals surface area contributed by atoms with E-state index in [1.807, 2.05) is 29.2 Å². The third kappa shape index (κ3) is 4.49. The van der Waals surface area contributed by atoms with Crippen molar-refractivity contribution in [3.05, 3.63) is 52.5 Å². The van der Waals surface area contributed by atoms with Crippen LogP contribution in [0.25, 0.3) is 0 Å². The average molecular weight is 444 g/mol. The summed E-state index contributed by atoms with van der Waals surface area (Å²) in [5.74, 6) is 1.66. The summed E-state index contributed by atoms with van der Waals surface area (Å²) in [6, 6.07) is 11.0. The molecule has 1 fully saturated rings. The third-order valence-electron chi connectivity index (χ3n) is 6.15. The maximum atomic E-state index is 12.9. The van der Waals surface area contributed by atoms with Gasteiger partial charge in [0, 0.05) is 49.5 Å². The largest absolute Gasteiger partial charge is 0.496 e. The Balaban J connectivity index is 1.40. The Hall–Kier alpha value is -2.73. The van der Waals surface area contributed by atoms with E-state index >= 15 is 0 Å². The monoisotopic (exact) mass is 443 g/mol. The second kappa shape index (κ2) is 8.79. The summed E-state index contributed by atoms with van der Waals surface area (Å²) in [6.07, 6.45) is 2.65. The van der Waals surface area contributed by atoms with Crippen LogP contribution >= 0.6 is 11.6 Å². The van der Waals surface area contributed by atoms with E-state index in [1.165, 1.54) is 7.11 Å². The van der Waals surface area contributed by atoms with Crippen molar-refractivity contribution >= 4 is 23.3 Å². The number of ether oxygens (including phenoxy) is 3. The zero-order chi connectivity index (χ0) is 22.0. The molecule has 0 radical (unpaired) electrons. The zero-order valence-electron chi connectivity index (χ0n) is 17.8. The molecule has 0 bridgehead atoms. The number of fused-ring (bicyclic) bond motifs is 1. The molecule has 0 aromatic heterocycles. The number of halogens is 1. The summed E-state index contributed by atoms with van der Waals surface area (Å²) in [7, 11) is 3.09. The minimum absolute atomic E-state index is 0.00303. The highest BCUT2D eigenvalue weighted by molar-refractivity contribution is 6.30. The Morgan fingerprint density at radius 3 is 2.48 bits per heavy atom. The van der Waals surface area contributed by atoms with Crippen LogP contribution in [0.1, 0.15) is 41.6 Å². The molecule has 1 saturated heterocycles. The standard InChI is InChI=1S/C24H26ClNO5/c1-29-18-13-20(30-2)23-19(27)15-24(31-21(23)14-18)9-11-26(12-10-24)22(28)8-5-16-3-6-17(25)7-4-16/h3-4,6-7,13-14H,5,8-12,15H2,1-2H3. The normalized spacial score (nSPS) is 17.1. The molecule has 0 aliphatic carbocycles. The van der Waals surface area contributed by atoms with Crippen LogP contribution in [0.2, 0.25) is 5.02 Å². The predicted octanol–water partition coefficient (Wildman–Crippen LogP) is 4.32. The molecule has 0 unspecified atom stereocenters. The number of Topliss-reactive ketones (excluding diaryl/α,β-unsaturated/α-hetero) is 1. The predicted molar refractivity (Wildman–Crippen MR) is 117 cm³/mol. The van der Waals surface area contributed by atoms with Gasteiger partial charge in [-0.25, -0.2) is 0 Å². The average Bonchev–Trinajstić information content (AvgIpc) is 2.78. The first kappa shape index (κ1) is 21.5. The SMILES string of the molecule is COc1cc(OC)c2c(c1)OC1(CCN(C(=O)CCc3ccc(Cl)cc3)CC1)CC2=O. The summed E-state index contributed by atoms with van der Waals surface area (Å²) in [6.45, 7) is 1.15. The Bertz CT molecular complexity index is 980. The van der Waals surface area contributed by atoms with Crippen LogP contribution in [-0.2, 0) is 11.2 Å². The summed E-state index contributed by atoms with van der Waals surface area (Å²) >= 11 is 5.92. The molecule has 2 heterocycles. The van der Waals surface area contributed by atoms with Gasteiger partial charge in [-0.2, -0.15) is 0 Å². The molecular weight excluding hydrogens is 418 g/mol. The lowest BCUT2D eigenvalue weighted by atomic mass is 9.82. The fourth-order valence-electron chi connectivity index (χ4n) is 4.35. The van der Waals surface area contributed by atoms with Gasteiger partial charge in [-0.1, -0.05) is 23.7 Å². The maximum absolute atomic E-state index is 12.9. The molecule has 1 amide bonds. The van der Waals surface area contributed by atoms with Crippen LogP contribution in [0.3, 0.4) is 0 Å². The molecule has 2 aromatic rings. The van der Waals surface area contributed by atoms with Crippen molar-refractivity contribution in [3.8, 4) is 17.2 Å². The molecule has 2 aliphatic heterocycles. The van der Waals surface area contributed by atoms with Crippen LogP contribution in [0.4, 0.5) is 0 Å². The van der Waals surface area contributed by atoms with Gasteiger partial charge in [0.05, 0.1) is 20.6 Å². The van der Waals surface area contributed by atoms with Crippen LogP contribution in [0.5, 0.6) is 17.2 Å². The molecule has 164 valence electrons. The number of nitrogens with zero attached hydrogens (tertiary/aromatic N) is 1. The van der Waals surface area contributed by atoms with Gasteiger partial charge in [-0.05, 0) is 24.1 Å². The minimum Gasteiger partial charge on any atom is -0.496 e. The van der Waals surface area contributed by atoms with E-state index in [0.717, 1.165) is 5.56 Å². The second-order valence-corrected chi connectivity index (χ2v) is 8.53. The first-order chi connectivity index (χ1) is 14.9. The molecule has 7 heteroatoms. The zero-order valence-corrected chi connectivity index (χ0v) is 18.5. The highest BCUT2D eigenvalue weighted by Gasteiger charge is 2.44. The molecule has 31 heavy (non-hydrogen) atoms. The van der Waals surface area contributed by atoms with E-state index in [0.29, 0.717) is 66.6 Å². The topological polar surface area (TPSA) is 65.1 Å². The second-order valence-electron chi connectivity index (χ2n) is 8.10. The van der Waals surface area contributed by atoms with Gasteiger partial charge in [-0.15, -0.1) is 0 Å². The first-order valence-corrected chi connectivity index (χ1v) is 10.8. The van der Waals surface area contributed by atoms with Gasteiger partial charge in [0.2, 0.25) is 5.91 Å². The van der Waals surface area contributed by atoms with Crippen molar-refractivity contribution < 1.29 is 23.8 Å². The number of amides is 1. The van der Waals surface area contributed by atoms with Crippen LogP contribution in [-0.4, -0.2) is 49.5 Å². The molecule has 4 rings (SSSR count). The lowest BCUT2D eigenvalue weighted by Crippen LogP contribution is -2.52. The van der Waals surface area contributed by atoms with E-state index in [-0.39, 0.29) is 18.1 Å². The quantitative estimate of drug-likeness (QED) is 0.688. The fourth-order valence-corrected chi connectivity index (χ4v) is 4.48. The Morgan fingerprint density at radius 1 is 1.13 bits per heavy atom. The summed E-state index contributed by atoms with van der Waals surface area (Å²) in [5, 5.41) is 0.690. The number of carbonyl (C=O) groups is 2. The molecule has 0 atom stereocenters. The summed E-state index contributed by atoms with van der Waals surface area (Å²) in [5.41, 5.74) is 0.969. The number of ketones is 1. The van der Waals surface area contributed by atoms with Gasteiger partial charge in [0.25, 0.3) is 0 Å². The lowest BCUT2D eigenvalue weighted by Gasteiger charge is -2.44. The maximum Gasteiger partial charge on any atom is 0.222 e. The van der Waals surface area contributed by atoms with Gasteiger partial charge in [0.15, 0.2) is 5.78 Å². The van der Waals surface area contributed by atoms with E-state index in [1.54, 1.807) is 19.2 Å². The Labute approximate surface area is 187 Å². The molecule has 6 nitrogen and oxygen atoms in total. The van der Waals surface area contributed by atoms with Crippen molar-refractivity contribution in [2.24, 2.45) is 0 Å². The number of rotatable bonds is 5. The van der Waals surface area contributed by atoms with Crippen molar-refractivity contribution in [1.82, 2.24) is 4.90 Å². The van der Waals surface area contributed by atoms with Crippen LogP contribution < -0.4 is 14.2 Å². The molecule has 0 saturated carbocycles. The van der Waals surface area contributed by atoms with Crippen LogP contribution in [0.15, 0.2) is 36.4 Å². The van der Waals surface area contributed by atoms with Crippen molar-refractivity contribution in [1.29, 1.82) is 0 Å². The van der Waals surface area contributed by atoms with Gasteiger partial charge < -0.3 is 19.1 Å². The number of carbonyl (C=O) groups excluding carboxylic acids is 2. The molecule has 0 N–H and O–H groups in total. The number of hydrogen-bond acceptors (Lipinski definition) is 5. The lowest BCUT2D eigenvalue weighted by molar-refractivity contribution is -0.134. The minimum atomic E-state index is -0.589. The van der Waals surface area contributed by atoms with E-state index in [4.69, 9.17) is 25.8 Å². The third-order valence-corrected chi connectivity index (χ3v) is 6.40. The highest BCUT2D eigenvalue weighted by atomic mass is 35.5. The number of likely N-dealkylation sites (tertiary alicyclic amines) is 1. The smallest absolute Gasteiger partial charge is 0.222 e. The number of piperidine rings is 1. The number of aryl methyl sites for hydroxylation is 1. The number of methoxy groups -OCH3 is 2. The fraction of sp³-hybridized carbons (Fsp3) is 0.417.